The van der Waals surface area contributed by atoms with Crippen LogP contribution in [0.1, 0.15) is 30.1 Å². The second-order valence-electron chi connectivity index (χ2n) is 7.73. The molecule has 11 heteroatoms. The van der Waals surface area contributed by atoms with Crippen LogP contribution in [-0.4, -0.2) is 74.0 Å². The molecule has 0 atom stereocenters. The van der Waals surface area contributed by atoms with Gasteiger partial charge >= 0.3 is 6.18 Å². The maximum absolute atomic E-state index is 12.9. The van der Waals surface area contributed by atoms with Crippen LogP contribution in [0.5, 0.6) is 0 Å². The van der Waals surface area contributed by atoms with E-state index >= 15 is 0 Å². The van der Waals surface area contributed by atoms with Crippen LogP contribution in [0.15, 0.2) is 4.90 Å². The molecule has 1 aromatic heterocycles. The van der Waals surface area contributed by atoms with Gasteiger partial charge in [0.2, 0.25) is 15.8 Å². The minimum Gasteiger partial charge on any atom is -0.385 e. The Morgan fingerprint density at radius 2 is 1.64 bits per heavy atom. The van der Waals surface area contributed by atoms with Crippen molar-refractivity contribution in [3.8, 4) is 0 Å². The van der Waals surface area contributed by atoms with Gasteiger partial charge in [0.15, 0.2) is 0 Å². The van der Waals surface area contributed by atoms with Crippen molar-refractivity contribution in [3.05, 3.63) is 17.2 Å². The van der Waals surface area contributed by atoms with Crippen molar-refractivity contribution in [1.29, 1.82) is 0 Å². The SMILES string of the molecule is COCCCCN1CC2(C1)CN(S(=O)(=O)c1c(C)nc(C(F)(F)F)nc1C)C2. The molecule has 0 aromatic carbocycles. The molecule has 3 rings (SSSR count). The van der Waals surface area contributed by atoms with Gasteiger partial charge in [-0.15, -0.1) is 0 Å². The smallest absolute Gasteiger partial charge is 0.385 e. The Morgan fingerprint density at radius 1 is 1.07 bits per heavy atom. The second kappa shape index (κ2) is 7.51. The fourth-order valence-corrected chi connectivity index (χ4v) is 6.03. The highest BCUT2D eigenvalue weighted by Crippen LogP contribution is 2.43. The molecular weight excluding hydrogens is 397 g/mol. The lowest BCUT2D eigenvalue weighted by molar-refractivity contribution is -0.145. The summed E-state index contributed by atoms with van der Waals surface area (Å²) >= 11 is 0. The largest absolute Gasteiger partial charge is 0.451 e. The quantitative estimate of drug-likeness (QED) is 0.625. The lowest BCUT2D eigenvalue weighted by atomic mass is 9.74. The summed E-state index contributed by atoms with van der Waals surface area (Å²) in [5.74, 6) is -1.32. The molecule has 0 saturated carbocycles. The third-order valence-electron chi connectivity index (χ3n) is 5.27. The molecule has 7 nitrogen and oxygen atoms in total. The van der Waals surface area contributed by atoms with E-state index in [1.807, 2.05) is 0 Å². The number of methoxy groups -OCH3 is 1. The number of sulfonamides is 1. The van der Waals surface area contributed by atoms with Crippen LogP contribution in [0.25, 0.3) is 0 Å². The Labute approximate surface area is 162 Å². The van der Waals surface area contributed by atoms with E-state index in [0.717, 1.165) is 39.1 Å². The summed E-state index contributed by atoms with van der Waals surface area (Å²) in [5.41, 5.74) is -0.383. The minimum absolute atomic E-state index is 0.0388. The molecule has 158 valence electrons. The Hall–Kier alpha value is -1.30. The van der Waals surface area contributed by atoms with Crippen LogP contribution >= 0.6 is 0 Å². The summed E-state index contributed by atoms with van der Waals surface area (Å²) in [7, 11) is -2.24. The van der Waals surface area contributed by atoms with E-state index in [0.29, 0.717) is 13.1 Å². The fourth-order valence-electron chi connectivity index (χ4n) is 4.05. The first-order chi connectivity index (χ1) is 13.0. The summed E-state index contributed by atoms with van der Waals surface area (Å²) in [6.07, 6.45) is -2.68. The first-order valence-electron chi connectivity index (χ1n) is 9.12. The highest BCUT2D eigenvalue weighted by atomic mass is 32.2. The van der Waals surface area contributed by atoms with Gasteiger partial charge in [-0.05, 0) is 33.2 Å². The van der Waals surface area contributed by atoms with E-state index in [4.69, 9.17) is 4.74 Å². The maximum Gasteiger partial charge on any atom is 0.451 e. The summed E-state index contributed by atoms with van der Waals surface area (Å²) in [4.78, 5) is 8.84. The molecule has 1 aromatic rings. The first-order valence-corrected chi connectivity index (χ1v) is 10.6. The van der Waals surface area contributed by atoms with Crippen LogP contribution in [0, 0.1) is 19.3 Å². The summed E-state index contributed by atoms with van der Waals surface area (Å²) < 4.78 is 70.7. The molecule has 2 aliphatic rings. The number of alkyl halides is 3. The van der Waals surface area contributed by atoms with Gasteiger partial charge in [0.25, 0.3) is 0 Å². The average Bonchev–Trinajstić information content (AvgIpc) is 2.49. The highest BCUT2D eigenvalue weighted by Gasteiger charge is 2.55. The van der Waals surface area contributed by atoms with Gasteiger partial charge < -0.3 is 9.64 Å². The molecule has 0 N–H and O–H groups in total. The predicted octanol–water partition coefficient (Wildman–Crippen LogP) is 1.85. The molecule has 0 unspecified atom stereocenters. The molecule has 0 aliphatic carbocycles. The second-order valence-corrected chi connectivity index (χ2v) is 9.60. The standard InChI is InChI=1S/C17H25F3N4O3S/c1-12-14(13(2)22-15(21-12)17(18,19)20)28(25,26)24-10-16(11-24)8-23(9-16)6-4-5-7-27-3/h4-11H2,1-3H3. The first kappa shape index (κ1) is 21.4. The molecule has 0 amide bonds. The van der Waals surface area contributed by atoms with Crippen LogP contribution in [0.2, 0.25) is 0 Å². The minimum atomic E-state index is -4.71. The van der Waals surface area contributed by atoms with Gasteiger partial charge in [-0.1, -0.05) is 0 Å². The van der Waals surface area contributed by atoms with E-state index < -0.39 is 22.0 Å². The van der Waals surface area contributed by atoms with Crippen molar-refractivity contribution in [3.63, 3.8) is 0 Å². The van der Waals surface area contributed by atoms with Crippen LogP contribution < -0.4 is 0 Å². The van der Waals surface area contributed by atoms with Crippen molar-refractivity contribution >= 4 is 10.0 Å². The Kier molecular flexibility index (Phi) is 5.74. The number of likely N-dealkylation sites (tertiary alicyclic amines) is 1. The normalized spacial score (nSPS) is 20.2. The zero-order valence-electron chi connectivity index (χ0n) is 16.2. The van der Waals surface area contributed by atoms with Gasteiger partial charge in [0.05, 0.1) is 11.4 Å². The number of hydrogen-bond donors (Lipinski definition) is 0. The van der Waals surface area contributed by atoms with Crippen LogP contribution in [-0.2, 0) is 20.9 Å². The van der Waals surface area contributed by atoms with Gasteiger partial charge in [-0.3, -0.25) is 0 Å². The van der Waals surface area contributed by atoms with Gasteiger partial charge in [-0.2, -0.15) is 17.5 Å². The summed E-state index contributed by atoms with van der Waals surface area (Å²) in [6.45, 7) is 6.69. The molecular formula is C17H25F3N4O3S. The van der Waals surface area contributed by atoms with Crippen molar-refractivity contribution in [2.45, 2.75) is 37.8 Å². The van der Waals surface area contributed by atoms with E-state index in [1.165, 1.54) is 18.2 Å². The zero-order chi connectivity index (χ0) is 20.7. The number of unbranched alkanes of at least 4 members (excludes halogenated alkanes) is 1. The third kappa shape index (κ3) is 4.03. The molecule has 2 aliphatic heterocycles. The van der Waals surface area contributed by atoms with Gasteiger partial charge in [0.1, 0.15) is 4.90 Å². The Bertz CT molecular complexity index is 808. The monoisotopic (exact) mass is 422 g/mol. The number of aromatic nitrogens is 2. The molecule has 1 spiro atoms. The lowest BCUT2D eigenvalue weighted by Gasteiger charge is -2.59. The number of ether oxygens (including phenoxy) is 1. The maximum atomic E-state index is 12.9. The Balaban J connectivity index is 1.62. The number of aryl methyl sites for hydroxylation is 2. The lowest BCUT2D eigenvalue weighted by Crippen LogP contribution is -2.72. The van der Waals surface area contributed by atoms with Gasteiger partial charge in [0, 0.05) is 45.3 Å². The van der Waals surface area contributed by atoms with Crippen LogP contribution in [0.3, 0.4) is 0 Å². The third-order valence-corrected chi connectivity index (χ3v) is 7.31. The Morgan fingerprint density at radius 3 is 2.14 bits per heavy atom. The number of hydrogen-bond acceptors (Lipinski definition) is 6. The van der Waals surface area contributed by atoms with Crippen LogP contribution in [0.4, 0.5) is 13.2 Å². The molecule has 2 fully saturated rings. The molecule has 3 heterocycles. The number of halogens is 3. The topological polar surface area (TPSA) is 75.6 Å². The fraction of sp³-hybridized carbons (Fsp3) is 0.765. The van der Waals surface area contributed by atoms with Crippen molar-refractivity contribution in [2.75, 3.05) is 46.4 Å². The van der Waals surface area contributed by atoms with Crippen molar-refractivity contribution in [2.24, 2.45) is 5.41 Å². The highest BCUT2D eigenvalue weighted by molar-refractivity contribution is 7.89. The average molecular weight is 422 g/mol. The summed E-state index contributed by atoms with van der Waals surface area (Å²) in [5, 5.41) is 0. The van der Waals surface area contributed by atoms with E-state index in [2.05, 4.69) is 14.9 Å². The summed E-state index contributed by atoms with van der Waals surface area (Å²) in [6, 6.07) is 0. The van der Waals surface area contributed by atoms with E-state index in [1.54, 1.807) is 7.11 Å². The zero-order valence-corrected chi connectivity index (χ0v) is 17.0. The molecule has 28 heavy (non-hydrogen) atoms. The van der Waals surface area contributed by atoms with E-state index in [9.17, 15) is 21.6 Å². The number of nitrogens with zero attached hydrogens (tertiary/aromatic N) is 4. The molecule has 2 saturated heterocycles. The number of rotatable bonds is 7. The van der Waals surface area contributed by atoms with Crippen molar-refractivity contribution < 1.29 is 26.3 Å². The van der Waals surface area contributed by atoms with Crippen molar-refractivity contribution in [1.82, 2.24) is 19.2 Å². The van der Waals surface area contributed by atoms with Gasteiger partial charge in [-0.25, -0.2) is 18.4 Å². The molecule has 0 radical (unpaired) electrons. The predicted molar refractivity (Wildman–Crippen MR) is 95.2 cm³/mol. The molecule has 0 bridgehead atoms. The van der Waals surface area contributed by atoms with E-state index in [-0.39, 0.29) is 21.7 Å².